The Labute approximate surface area is 165 Å². The molecule has 0 aliphatic carbocycles. The standard InChI is InChI=1S/C22H17F3O4/c1-27-20-12-16(13-26)11-19(21(20)28-14-15-5-3-2-4-6-15)17-7-9-18(10-8-17)29-22(23,24)25/h2-13H,14H2,1H3. The van der Waals surface area contributed by atoms with Gasteiger partial charge in [0.05, 0.1) is 7.11 Å². The number of carbonyl (C=O) groups excluding carboxylic acids is 1. The molecule has 4 nitrogen and oxygen atoms in total. The Morgan fingerprint density at radius 3 is 2.24 bits per heavy atom. The maximum Gasteiger partial charge on any atom is 0.573 e. The van der Waals surface area contributed by atoms with E-state index in [-0.39, 0.29) is 12.4 Å². The molecule has 0 unspecified atom stereocenters. The van der Waals surface area contributed by atoms with Crippen molar-refractivity contribution in [2.24, 2.45) is 0 Å². The number of ether oxygens (including phenoxy) is 3. The van der Waals surface area contributed by atoms with E-state index in [9.17, 15) is 18.0 Å². The molecule has 0 aliphatic heterocycles. The number of halogens is 3. The minimum absolute atomic E-state index is 0.250. The molecule has 0 bridgehead atoms. The van der Waals surface area contributed by atoms with Gasteiger partial charge < -0.3 is 14.2 Å². The van der Waals surface area contributed by atoms with E-state index in [0.717, 1.165) is 5.56 Å². The highest BCUT2D eigenvalue weighted by atomic mass is 19.4. The second kappa shape index (κ2) is 8.68. The molecule has 0 N–H and O–H groups in total. The summed E-state index contributed by atoms with van der Waals surface area (Å²) in [7, 11) is 1.45. The smallest absolute Gasteiger partial charge is 0.493 e. The van der Waals surface area contributed by atoms with Crippen molar-refractivity contribution >= 4 is 6.29 Å². The van der Waals surface area contributed by atoms with E-state index in [1.165, 1.54) is 37.4 Å². The van der Waals surface area contributed by atoms with Crippen LogP contribution in [0, 0.1) is 0 Å². The van der Waals surface area contributed by atoms with Crippen LogP contribution in [0.2, 0.25) is 0 Å². The van der Waals surface area contributed by atoms with Crippen LogP contribution in [0.25, 0.3) is 11.1 Å². The number of carbonyl (C=O) groups is 1. The van der Waals surface area contributed by atoms with Gasteiger partial charge in [0.1, 0.15) is 18.6 Å². The summed E-state index contributed by atoms with van der Waals surface area (Å²) in [5, 5.41) is 0. The van der Waals surface area contributed by atoms with Gasteiger partial charge in [-0.1, -0.05) is 42.5 Å². The molecule has 3 aromatic carbocycles. The van der Waals surface area contributed by atoms with Crippen LogP contribution >= 0.6 is 0 Å². The lowest BCUT2D eigenvalue weighted by atomic mass is 10.0. The molecular weight excluding hydrogens is 385 g/mol. The molecule has 0 aromatic heterocycles. The third kappa shape index (κ3) is 5.28. The van der Waals surface area contributed by atoms with Crippen molar-refractivity contribution in [2.75, 3.05) is 7.11 Å². The summed E-state index contributed by atoms with van der Waals surface area (Å²) < 4.78 is 52.4. The molecule has 0 aliphatic rings. The van der Waals surface area contributed by atoms with Gasteiger partial charge in [-0.05, 0) is 35.4 Å². The van der Waals surface area contributed by atoms with Crippen LogP contribution in [0.4, 0.5) is 13.2 Å². The molecule has 29 heavy (non-hydrogen) atoms. The fourth-order valence-corrected chi connectivity index (χ4v) is 2.77. The molecular formula is C22H17F3O4. The highest BCUT2D eigenvalue weighted by molar-refractivity contribution is 5.84. The molecule has 0 radical (unpaired) electrons. The zero-order chi connectivity index (χ0) is 20.9. The number of rotatable bonds is 7. The molecule has 0 saturated heterocycles. The lowest BCUT2D eigenvalue weighted by Gasteiger charge is -2.17. The fourth-order valence-electron chi connectivity index (χ4n) is 2.77. The summed E-state index contributed by atoms with van der Waals surface area (Å²) in [6.45, 7) is 0.250. The summed E-state index contributed by atoms with van der Waals surface area (Å²) in [6.07, 6.45) is -4.11. The first kappa shape index (κ1) is 20.3. The van der Waals surface area contributed by atoms with E-state index in [4.69, 9.17) is 9.47 Å². The van der Waals surface area contributed by atoms with Crippen LogP contribution in [-0.4, -0.2) is 19.8 Å². The Morgan fingerprint density at radius 1 is 0.966 bits per heavy atom. The van der Waals surface area contributed by atoms with Gasteiger partial charge >= 0.3 is 6.36 Å². The van der Waals surface area contributed by atoms with Crippen molar-refractivity contribution in [3.05, 3.63) is 77.9 Å². The summed E-state index contributed by atoms with van der Waals surface area (Å²) >= 11 is 0. The minimum atomic E-state index is -4.77. The van der Waals surface area contributed by atoms with Crippen molar-refractivity contribution in [3.63, 3.8) is 0 Å². The molecule has 7 heteroatoms. The van der Waals surface area contributed by atoms with E-state index in [1.807, 2.05) is 30.3 Å². The third-order valence-electron chi connectivity index (χ3n) is 4.06. The van der Waals surface area contributed by atoms with Crippen LogP contribution in [0.3, 0.4) is 0 Å². The first-order chi connectivity index (χ1) is 13.9. The predicted molar refractivity (Wildman–Crippen MR) is 101 cm³/mol. The number of hydrogen-bond donors (Lipinski definition) is 0. The van der Waals surface area contributed by atoms with Crippen molar-refractivity contribution < 1.29 is 32.2 Å². The molecule has 0 heterocycles. The Kier molecular flexibility index (Phi) is 6.07. The Morgan fingerprint density at radius 2 is 1.66 bits per heavy atom. The van der Waals surface area contributed by atoms with Crippen molar-refractivity contribution in [1.82, 2.24) is 0 Å². The second-order valence-electron chi connectivity index (χ2n) is 6.06. The normalized spacial score (nSPS) is 11.0. The Hall–Kier alpha value is -3.48. The van der Waals surface area contributed by atoms with Gasteiger partial charge in [-0.2, -0.15) is 0 Å². The van der Waals surface area contributed by atoms with Crippen LogP contribution in [-0.2, 0) is 6.61 Å². The van der Waals surface area contributed by atoms with Gasteiger partial charge in [0, 0.05) is 11.1 Å². The van der Waals surface area contributed by atoms with Crippen LogP contribution in [0.1, 0.15) is 15.9 Å². The van der Waals surface area contributed by atoms with Gasteiger partial charge in [-0.25, -0.2) is 0 Å². The van der Waals surface area contributed by atoms with Gasteiger partial charge in [-0.3, -0.25) is 4.79 Å². The third-order valence-corrected chi connectivity index (χ3v) is 4.06. The molecule has 0 spiro atoms. The van der Waals surface area contributed by atoms with Crippen LogP contribution in [0.5, 0.6) is 17.2 Å². The molecule has 3 rings (SSSR count). The fraction of sp³-hybridized carbons (Fsp3) is 0.136. The van der Waals surface area contributed by atoms with Crippen molar-refractivity contribution in [1.29, 1.82) is 0 Å². The Bertz CT molecular complexity index is 968. The topological polar surface area (TPSA) is 44.8 Å². The van der Waals surface area contributed by atoms with E-state index in [1.54, 1.807) is 6.07 Å². The first-order valence-corrected chi connectivity index (χ1v) is 8.60. The SMILES string of the molecule is COc1cc(C=O)cc(-c2ccc(OC(F)(F)F)cc2)c1OCc1ccccc1. The van der Waals surface area contributed by atoms with E-state index in [0.29, 0.717) is 34.5 Å². The number of aldehydes is 1. The first-order valence-electron chi connectivity index (χ1n) is 8.60. The zero-order valence-corrected chi connectivity index (χ0v) is 15.4. The monoisotopic (exact) mass is 402 g/mol. The quantitative estimate of drug-likeness (QED) is 0.479. The molecule has 0 saturated carbocycles. The number of methoxy groups -OCH3 is 1. The summed E-state index contributed by atoms with van der Waals surface area (Å²) in [5.74, 6) is 0.383. The molecule has 150 valence electrons. The van der Waals surface area contributed by atoms with E-state index in [2.05, 4.69) is 4.74 Å². The van der Waals surface area contributed by atoms with Crippen molar-refractivity contribution in [2.45, 2.75) is 13.0 Å². The van der Waals surface area contributed by atoms with Gasteiger partial charge in [-0.15, -0.1) is 13.2 Å². The largest absolute Gasteiger partial charge is 0.573 e. The van der Waals surface area contributed by atoms with Crippen molar-refractivity contribution in [3.8, 4) is 28.4 Å². The number of alkyl halides is 3. The lowest BCUT2D eigenvalue weighted by molar-refractivity contribution is -0.274. The lowest BCUT2D eigenvalue weighted by Crippen LogP contribution is -2.16. The highest BCUT2D eigenvalue weighted by Crippen LogP contribution is 2.40. The Balaban J connectivity index is 1.98. The van der Waals surface area contributed by atoms with Gasteiger partial charge in [0.15, 0.2) is 11.5 Å². The summed E-state index contributed by atoms with van der Waals surface area (Å²) in [4.78, 5) is 11.3. The highest BCUT2D eigenvalue weighted by Gasteiger charge is 2.31. The number of hydrogen-bond acceptors (Lipinski definition) is 4. The van der Waals surface area contributed by atoms with E-state index >= 15 is 0 Å². The van der Waals surface area contributed by atoms with Gasteiger partial charge in [0.2, 0.25) is 0 Å². The molecule has 0 amide bonds. The van der Waals surface area contributed by atoms with E-state index < -0.39 is 6.36 Å². The minimum Gasteiger partial charge on any atom is -0.493 e. The van der Waals surface area contributed by atoms with Gasteiger partial charge in [0.25, 0.3) is 0 Å². The zero-order valence-electron chi connectivity index (χ0n) is 15.4. The number of benzene rings is 3. The molecule has 0 fully saturated rings. The molecule has 0 atom stereocenters. The summed E-state index contributed by atoms with van der Waals surface area (Å²) in [6, 6.07) is 17.9. The maximum atomic E-state index is 12.4. The predicted octanol–water partition coefficient (Wildman–Crippen LogP) is 5.65. The molecule has 3 aromatic rings. The van der Waals surface area contributed by atoms with Crippen LogP contribution in [0.15, 0.2) is 66.7 Å². The summed E-state index contributed by atoms with van der Waals surface area (Å²) in [5.41, 5.74) is 2.33. The van der Waals surface area contributed by atoms with Crippen LogP contribution < -0.4 is 14.2 Å². The maximum absolute atomic E-state index is 12.4. The average Bonchev–Trinajstić information content (AvgIpc) is 2.72. The second-order valence-corrected chi connectivity index (χ2v) is 6.06. The average molecular weight is 402 g/mol.